The molecule has 1 aromatic heterocycles. The van der Waals surface area contributed by atoms with E-state index >= 15 is 0 Å². The first kappa shape index (κ1) is 25.1. The average Bonchev–Trinajstić information content (AvgIpc) is 3.31. The number of sulfone groups is 1. The highest BCUT2D eigenvalue weighted by atomic mass is 35.5. The largest absolute Gasteiger partial charge is 0.268 e. The molecule has 0 atom stereocenters. The highest BCUT2D eigenvalue weighted by Gasteiger charge is 2.32. The molecule has 4 rings (SSSR count). The van der Waals surface area contributed by atoms with Gasteiger partial charge in [-0.05, 0) is 54.1 Å². The third kappa shape index (κ3) is 5.48. The Kier molecular flexibility index (Phi) is 7.14. The van der Waals surface area contributed by atoms with Gasteiger partial charge in [0, 0.05) is 21.6 Å². The fraction of sp³-hybridized carbons (Fsp3) is 0.0800. The lowest BCUT2D eigenvalue weighted by molar-refractivity contribution is 0.0855. The summed E-state index contributed by atoms with van der Waals surface area (Å²) >= 11 is 7.45. The minimum absolute atomic E-state index is 0.0165. The predicted molar refractivity (Wildman–Crippen MR) is 138 cm³/mol. The molecule has 35 heavy (non-hydrogen) atoms. The molecule has 0 saturated heterocycles. The Labute approximate surface area is 213 Å². The molecule has 180 valence electrons. The summed E-state index contributed by atoms with van der Waals surface area (Å²) in [5.74, 6) is -0.681. The zero-order valence-electron chi connectivity index (χ0n) is 18.5. The number of amides is 1. The first-order chi connectivity index (χ1) is 16.6. The van der Waals surface area contributed by atoms with E-state index < -0.39 is 25.8 Å². The summed E-state index contributed by atoms with van der Waals surface area (Å²) < 4.78 is 51.8. The quantitative estimate of drug-likeness (QED) is 0.306. The topological polar surface area (TPSA) is 88.6 Å². The molecular formula is C25H20ClNO5S3. The number of carbonyl (C=O) groups excluding carboxylic acids is 1. The van der Waals surface area contributed by atoms with Crippen molar-refractivity contribution in [2.45, 2.75) is 16.3 Å². The Balaban J connectivity index is 1.73. The van der Waals surface area contributed by atoms with Crippen LogP contribution >= 0.6 is 22.9 Å². The first-order valence-corrected chi connectivity index (χ1v) is 14.9. The van der Waals surface area contributed by atoms with Gasteiger partial charge >= 0.3 is 0 Å². The molecule has 0 spiro atoms. The maximum atomic E-state index is 13.6. The lowest BCUT2D eigenvalue weighted by Gasteiger charge is -2.22. The van der Waals surface area contributed by atoms with Crippen molar-refractivity contribution in [3.8, 4) is 10.4 Å². The van der Waals surface area contributed by atoms with Crippen LogP contribution in [0.2, 0.25) is 5.02 Å². The minimum Gasteiger partial charge on any atom is -0.268 e. The van der Waals surface area contributed by atoms with Crippen molar-refractivity contribution >= 4 is 48.7 Å². The van der Waals surface area contributed by atoms with Gasteiger partial charge in [0.2, 0.25) is 0 Å². The number of hydrogen-bond donors (Lipinski definition) is 0. The number of halogens is 1. The van der Waals surface area contributed by atoms with Crippen molar-refractivity contribution in [2.75, 3.05) is 6.26 Å². The summed E-state index contributed by atoms with van der Waals surface area (Å²) in [5, 5.41) is 0.0165. The van der Waals surface area contributed by atoms with Crippen LogP contribution < -0.4 is 0 Å². The van der Waals surface area contributed by atoms with E-state index in [4.69, 9.17) is 11.6 Å². The average molecular weight is 546 g/mol. The number of benzene rings is 3. The molecule has 1 amide bonds. The summed E-state index contributed by atoms with van der Waals surface area (Å²) in [5.41, 5.74) is 0.903. The molecule has 4 aromatic rings. The van der Waals surface area contributed by atoms with E-state index in [9.17, 15) is 21.6 Å². The number of rotatable bonds is 7. The van der Waals surface area contributed by atoms with Crippen LogP contribution in [0.15, 0.2) is 101 Å². The fourth-order valence-corrected chi connectivity index (χ4v) is 7.01. The van der Waals surface area contributed by atoms with Gasteiger partial charge in [0.1, 0.15) is 4.90 Å². The van der Waals surface area contributed by atoms with Crippen LogP contribution in [0.1, 0.15) is 15.2 Å². The molecule has 0 unspecified atom stereocenters. The Morgan fingerprint density at radius 1 is 0.857 bits per heavy atom. The van der Waals surface area contributed by atoms with Crippen LogP contribution in [-0.2, 0) is 26.4 Å². The number of thiophene rings is 1. The molecule has 0 bridgehead atoms. The van der Waals surface area contributed by atoms with E-state index in [1.807, 2.05) is 0 Å². The van der Waals surface area contributed by atoms with Gasteiger partial charge in [-0.15, -0.1) is 11.3 Å². The Morgan fingerprint density at radius 3 is 2.23 bits per heavy atom. The molecule has 0 fully saturated rings. The molecule has 10 heteroatoms. The van der Waals surface area contributed by atoms with E-state index in [0.717, 1.165) is 15.4 Å². The molecule has 1 heterocycles. The molecule has 0 aliphatic rings. The van der Waals surface area contributed by atoms with Crippen molar-refractivity contribution in [1.29, 1.82) is 0 Å². The van der Waals surface area contributed by atoms with Crippen molar-refractivity contribution in [3.05, 3.63) is 106 Å². The van der Waals surface area contributed by atoms with Crippen LogP contribution in [0.3, 0.4) is 0 Å². The number of hydrogen-bond acceptors (Lipinski definition) is 6. The highest BCUT2D eigenvalue weighted by Crippen LogP contribution is 2.33. The number of carbonyl (C=O) groups is 1. The maximum Gasteiger partial charge on any atom is 0.268 e. The lowest BCUT2D eigenvalue weighted by Crippen LogP contribution is -2.36. The van der Waals surface area contributed by atoms with E-state index in [-0.39, 0.29) is 26.9 Å². The van der Waals surface area contributed by atoms with Crippen molar-refractivity contribution in [2.24, 2.45) is 0 Å². The second-order valence-electron chi connectivity index (χ2n) is 7.68. The van der Waals surface area contributed by atoms with Gasteiger partial charge in [-0.1, -0.05) is 54.1 Å². The molecule has 0 N–H and O–H groups in total. The van der Waals surface area contributed by atoms with Gasteiger partial charge < -0.3 is 0 Å². The smallest absolute Gasteiger partial charge is 0.268 e. The predicted octanol–water partition coefficient (Wildman–Crippen LogP) is 5.50. The molecule has 3 aromatic carbocycles. The monoisotopic (exact) mass is 545 g/mol. The third-order valence-electron chi connectivity index (χ3n) is 5.16. The zero-order chi connectivity index (χ0) is 25.2. The van der Waals surface area contributed by atoms with Gasteiger partial charge in [0.05, 0.1) is 16.5 Å². The van der Waals surface area contributed by atoms with Gasteiger partial charge in [-0.2, -0.15) is 0 Å². The van der Waals surface area contributed by atoms with Gasteiger partial charge in [-0.25, -0.2) is 21.1 Å². The molecule has 0 aliphatic carbocycles. The standard InChI is InChI=1S/C25H20ClNO5S3/c1-34(29,30)21-11-7-10-19(16-21)23-15-14-20(33-23)17-27(25(28)18-8-3-2-4-9-18)35(31,32)24-13-6-5-12-22(24)26/h2-16H,17H2,1H3. The third-order valence-corrected chi connectivity index (χ3v) is 9.62. The van der Waals surface area contributed by atoms with Crippen LogP contribution in [0.25, 0.3) is 10.4 Å². The minimum atomic E-state index is -4.28. The maximum absolute atomic E-state index is 13.6. The number of sulfonamides is 1. The van der Waals surface area contributed by atoms with Gasteiger partial charge in [0.15, 0.2) is 9.84 Å². The zero-order valence-corrected chi connectivity index (χ0v) is 21.7. The fourth-order valence-electron chi connectivity index (χ4n) is 3.40. The first-order valence-electron chi connectivity index (χ1n) is 10.3. The van der Waals surface area contributed by atoms with E-state index in [0.29, 0.717) is 10.4 Å². The van der Waals surface area contributed by atoms with Gasteiger partial charge in [-0.3, -0.25) is 4.79 Å². The molecule has 0 saturated carbocycles. The van der Waals surface area contributed by atoms with E-state index in [1.54, 1.807) is 72.8 Å². The van der Waals surface area contributed by atoms with E-state index in [2.05, 4.69) is 0 Å². The summed E-state index contributed by atoms with van der Waals surface area (Å²) in [6.07, 6.45) is 1.14. The molecule has 0 radical (unpaired) electrons. The second kappa shape index (κ2) is 9.94. The summed E-state index contributed by atoms with van der Waals surface area (Å²) in [7, 11) is -7.66. The second-order valence-corrected chi connectivity index (χ2v) is 13.1. The molecule has 0 aliphatic heterocycles. The Hall–Kier alpha value is -2.98. The SMILES string of the molecule is CS(=O)(=O)c1cccc(-c2ccc(CN(C(=O)c3ccccc3)S(=O)(=O)c3ccccc3Cl)s2)c1. The van der Waals surface area contributed by atoms with Crippen LogP contribution in [-0.4, -0.2) is 33.3 Å². The van der Waals surface area contributed by atoms with Crippen molar-refractivity contribution in [1.82, 2.24) is 4.31 Å². The molecular weight excluding hydrogens is 526 g/mol. The molecule has 6 nitrogen and oxygen atoms in total. The van der Waals surface area contributed by atoms with Crippen molar-refractivity contribution in [3.63, 3.8) is 0 Å². The Bertz CT molecular complexity index is 1600. The van der Waals surface area contributed by atoms with Crippen molar-refractivity contribution < 1.29 is 21.6 Å². The van der Waals surface area contributed by atoms with Gasteiger partial charge in [0.25, 0.3) is 15.9 Å². The number of nitrogens with zero attached hydrogens (tertiary/aromatic N) is 1. The normalized spacial score (nSPS) is 11.8. The van der Waals surface area contributed by atoms with Crippen LogP contribution in [0.5, 0.6) is 0 Å². The van der Waals surface area contributed by atoms with Crippen LogP contribution in [0, 0.1) is 0 Å². The Morgan fingerprint density at radius 2 is 1.54 bits per heavy atom. The van der Waals surface area contributed by atoms with Crippen LogP contribution in [0.4, 0.5) is 0 Å². The lowest BCUT2D eigenvalue weighted by atomic mass is 10.2. The highest BCUT2D eigenvalue weighted by molar-refractivity contribution is 7.90. The summed E-state index contributed by atoms with van der Waals surface area (Å²) in [6, 6.07) is 24.1. The van der Waals surface area contributed by atoms with E-state index in [1.165, 1.54) is 29.5 Å². The summed E-state index contributed by atoms with van der Waals surface area (Å²) in [4.78, 5) is 14.7. The summed E-state index contributed by atoms with van der Waals surface area (Å²) in [6.45, 7) is -0.211.